The highest BCUT2D eigenvalue weighted by Crippen LogP contribution is 2.17. The molecule has 3 rings (SSSR count). The number of H-pyrrole nitrogens is 1. The third-order valence-electron chi connectivity index (χ3n) is 4.30. The van der Waals surface area contributed by atoms with E-state index in [1.165, 1.54) is 9.42 Å². The number of fused-ring (bicyclic) bond motifs is 1. The Morgan fingerprint density at radius 1 is 1.48 bits per heavy atom. The monoisotopic (exact) mass is 318 g/mol. The number of aliphatic carboxylic acids is 1. The van der Waals surface area contributed by atoms with Crippen LogP contribution in [0.1, 0.15) is 24.1 Å². The van der Waals surface area contributed by atoms with Gasteiger partial charge in [0.25, 0.3) is 5.56 Å². The van der Waals surface area contributed by atoms with Crippen molar-refractivity contribution in [2.75, 3.05) is 13.1 Å². The van der Waals surface area contributed by atoms with Gasteiger partial charge in [0.2, 0.25) is 5.91 Å². The molecule has 8 heteroatoms. The van der Waals surface area contributed by atoms with Gasteiger partial charge < -0.3 is 10.0 Å². The number of amides is 1. The van der Waals surface area contributed by atoms with Gasteiger partial charge in [-0.05, 0) is 19.8 Å². The van der Waals surface area contributed by atoms with Crippen molar-refractivity contribution in [2.24, 2.45) is 5.92 Å². The number of likely N-dealkylation sites (tertiary alicyclic amines) is 1. The SMILES string of the molecule is Cc1nc2cc[nH]n2c(=O)c1CC(=O)N1CCCC(C(=O)O)C1. The quantitative estimate of drug-likeness (QED) is 0.840. The smallest absolute Gasteiger partial charge is 0.308 e. The molecule has 1 aliphatic rings. The number of hydrogen-bond donors (Lipinski definition) is 2. The number of aromatic nitrogens is 3. The second-order valence-electron chi connectivity index (χ2n) is 5.83. The van der Waals surface area contributed by atoms with Crippen molar-refractivity contribution in [1.29, 1.82) is 0 Å². The number of hydrogen-bond acceptors (Lipinski definition) is 4. The molecule has 1 unspecified atom stereocenters. The maximum Gasteiger partial charge on any atom is 0.308 e. The summed E-state index contributed by atoms with van der Waals surface area (Å²) in [5.41, 5.74) is 1.08. The second-order valence-corrected chi connectivity index (χ2v) is 5.83. The van der Waals surface area contributed by atoms with Crippen molar-refractivity contribution < 1.29 is 14.7 Å². The fraction of sp³-hybridized carbons (Fsp3) is 0.467. The Bertz CT molecular complexity index is 822. The van der Waals surface area contributed by atoms with Crippen LogP contribution in [0.25, 0.3) is 5.65 Å². The van der Waals surface area contributed by atoms with E-state index in [9.17, 15) is 14.4 Å². The van der Waals surface area contributed by atoms with Crippen LogP contribution in [0.3, 0.4) is 0 Å². The molecule has 0 radical (unpaired) electrons. The summed E-state index contributed by atoms with van der Waals surface area (Å²) in [5, 5.41) is 11.9. The highest BCUT2D eigenvalue weighted by Gasteiger charge is 2.28. The normalized spacial score (nSPS) is 18.3. The Kier molecular flexibility index (Phi) is 3.89. The average molecular weight is 318 g/mol. The minimum absolute atomic E-state index is 0.0635. The van der Waals surface area contributed by atoms with Crippen LogP contribution in [-0.2, 0) is 16.0 Å². The van der Waals surface area contributed by atoms with Gasteiger partial charge in [0.1, 0.15) is 0 Å². The lowest BCUT2D eigenvalue weighted by Gasteiger charge is -2.30. The van der Waals surface area contributed by atoms with Crippen LogP contribution in [0.4, 0.5) is 0 Å². The Hall–Kier alpha value is -2.64. The van der Waals surface area contributed by atoms with Gasteiger partial charge in [0.05, 0.1) is 12.3 Å². The average Bonchev–Trinajstić information content (AvgIpc) is 2.99. The zero-order chi connectivity index (χ0) is 16.6. The van der Waals surface area contributed by atoms with Crippen LogP contribution < -0.4 is 5.56 Å². The number of nitrogens with one attached hydrogen (secondary N) is 1. The standard InChI is InChI=1S/C15H18N4O4/c1-9-11(14(21)19-12(17-9)4-5-16-19)7-13(20)18-6-2-3-10(8-18)15(22)23/h4-5,10,16H,2-3,6-8H2,1H3,(H,22,23). The van der Waals surface area contributed by atoms with E-state index in [4.69, 9.17) is 5.11 Å². The molecule has 1 atom stereocenters. The van der Waals surface area contributed by atoms with Crippen molar-refractivity contribution >= 4 is 17.5 Å². The van der Waals surface area contributed by atoms with Gasteiger partial charge >= 0.3 is 5.97 Å². The maximum absolute atomic E-state index is 12.5. The third kappa shape index (κ3) is 2.84. The summed E-state index contributed by atoms with van der Waals surface area (Å²) in [7, 11) is 0. The van der Waals surface area contributed by atoms with Crippen molar-refractivity contribution in [1.82, 2.24) is 19.5 Å². The third-order valence-corrected chi connectivity index (χ3v) is 4.30. The van der Waals surface area contributed by atoms with E-state index in [0.29, 0.717) is 36.3 Å². The van der Waals surface area contributed by atoms with Gasteiger partial charge in [-0.2, -0.15) is 0 Å². The van der Waals surface area contributed by atoms with Crippen LogP contribution in [0.5, 0.6) is 0 Å². The van der Waals surface area contributed by atoms with E-state index < -0.39 is 11.9 Å². The molecule has 122 valence electrons. The van der Waals surface area contributed by atoms with Gasteiger partial charge in [-0.3, -0.25) is 19.5 Å². The molecular weight excluding hydrogens is 300 g/mol. The predicted octanol–water partition coefficient (Wildman–Crippen LogP) is 0.197. The first-order chi connectivity index (χ1) is 11.0. The molecule has 2 N–H and O–H groups in total. The molecule has 2 aromatic heterocycles. The lowest BCUT2D eigenvalue weighted by Crippen LogP contribution is -2.43. The fourth-order valence-corrected chi connectivity index (χ4v) is 2.98. The summed E-state index contributed by atoms with van der Waals surface area (Å²) >= 11 is 0. The molecule has 0 saturated carbocycles. The molecule has 0 spiro atoms. The second kappa shape index (κ2) is 5.86. The summed E-state index contributed by atoms with van der Waals surface area (Å²) < 4.78 is 1.30. The fourth-order valence-electron chi connectivity index (χ4n) is 2.98. The summed E-state index contributed by atoms with van der Waals surface area (Å²) in [5.74, 6) is -1.64. The highest BCUT2D eigenvalue weighted by atomic mass is 16.4. The minimum atomic E-state index is -0.881. The van der Waals surface area contributed by atoms with E-state index >= 15 is 0 Å². The first kappa shape index (κ1) is 15.3. The van der Waals surface area contributed by atoms with Crippen LogP contribution >= 0.6 is 0 Å². The predicted molar refractivity (Wildman–Crippen MR) is 81.2 cm³/mol. The Morgan fingerprint density at radius 2 is 2.26 bits per heavy atom. The largest absolute Gasteiger partial charge is 0.481 e. The van der Waals surface area contributed by atoms with E-state index in [-0.39, 0.29) is 24.4 Å². The number of nitrogens with zero attached hydrogens (tertiary/aromatic N) is 3. The van der Waals surface area contributed by atoms with Crippen LogP contribution in [0.15, 0.2) is 17.1 Å². The van der Waals surface area contributed by atoms with Gasteiger partial charge in [0, 0.05) is 36.6 Å². The molecule has 8 nitrogen and oxygen atoms in total. The van der Waals surface area contributed by atoms with Gasteiger partial charge in [-0.1, -0.05) is 0 Å². The Labute approximate surface area is 131 Å². The molecular formula is C15H18N4O4. The zero-order valence-electron chi connectivity index (χ0n) is 12.8. The number of carboxylic acids is 1. The van der Waals surface area contributed by atoms with Gasteiger partial charge in [-0.15, -0.1) is 0 Å². The van der Waals surface area contributed by atoms with Crippen LogP contribution in [0.2, 0.25) is 0 Å². The van der Waals surface area contributed by atoms with E-state index in [1.54, 1.807) is 19.2 Å². The number of piperidine rings is 1. The maximum atomic E-state index is 12.5. The van der Waals surface area contributed by atoms with Gasteiger partial charge in [0.15, 0.2) is 5.65 Å². The summed E-state index contributed by atoms with van der Waals surface area (Å²) in [6.07, 6.45) is 2.79. The molecule has 1 saturated heterocycles. The number of aromatic amines is 1. The molecule has 3 heterocycles. The first-order valence-corrected chi connectivity index (χ1v) is 7.53. The van der Waals surface area contributed by atoms with Crippen molar-refractivity contribution in [3.05, 3.63) is 33.9 Å². The summed E-state index contributed by atoms with van der Waals surface area (Å²) in [4.78, 5) is 41.8. The van der Waals surface area contributed by atoms with Crippen LogP contribution in [0, 0.1) is 12.8 Å². The molecule has 0 bridgehead atoms. The number of carbonyl (C=O) groups excluding carboxylic acids is 1. The van der Waals surface area contributed by atoms with E-state index in [1.807, 2.05) is 0 Å². The summed E-state index contributed by atoms with van der Waals surface area (Å²) in [6, 6.07) is 1.68. The molecule has 0 aliphatic carbocycles. The van der Waals surface area contributed by atoms with Crippen molar-refractivity contribution in [3.8, 4) is 0 Å². The Morgan fingerprint density at radius 3 is 3.00 bits per heavy atom. The molecule has 2 aromatic rings. The lowest BCUT2D eigenvalue weighted by atomic mass is 9.97. The number of rotatable bonds is 3. The lowest BCUT2D eigenvalue weighted by molar-refractivity contribution is -0.145. The Balaban J connectivity index is 1.83. The molecule has 1 amide bonds. The number of carboxylic acid groups (broad SMARTS) is 1. The van der Waals surface area contributed by atoms with E-state index in [0.717, 1.165) is 0 Å². The molecule has 23 heavy (non-hydrogen) atoms. The highest BCUT2D eigenvalue weighted by molar-refractivity contribution is 5.80. The first-order valence-electron chi connectivity index (χ1n) is 7.53. The molecule has 1 fully saturated rings. The van der Waals surface area contributed by atoms with Gasteiger partial charge in [-0.25, -0.2) is 9.50 Å². The van der Waals surface area contributed by atoms with Crippen LogP contribution in [-0.4, -0.2) is 49.6 Å². The number of carbonyl (C=O) groups is 2. The van der Waals surface area contributed by atoms with Crippen molar-refractivity contribution in [2.45, 2.75) is 26.2 Å². The molecule has 1 aliphatic heterocycles. The van der Waals surface area contributed by atoms with E-state index in [2.05, 4.69) is 10.1 Å². The zero-order valence-corrected chi connectivity index (χ0v) is 12.8. The minimum Gasteiger partial charge on any atom is -0.481 e. The van der Waals surface area contributed by atoms with Crippen molar-refractivity contribution in [3.63, 3.8) is 0 Å². The molecule has 0 aromatic carbocycles. The summed E-state index contributed by atoms with van der Waals surface area (Å²) in [6.45, 7) is 2.43. The number of aryl methyl sites for hydroxylation is 1. The topological polar surface area (TPSA) is 108 Å².